The second-order valence-corrected chi connectivity index (χ2v) is 8.10. The molecule has 0 amide bonds. The summed E-state index contributed by atoms with van der Waals surface area (Å²) in [6.07, 6.45) is 1.22. The van der Waals surface area contributed by atoms with Crippen molar-refractivity contribution in [2.45, 2.75) is 0 Å². The molecule has 0 aliphatic carbocycles. The Balaban J connectivity index is 2.43. The van der Waals surface area contributed by atoms with Gasteiger partial charge in [0.05, 0.1) is 0 Å². The number of aromatic nitrogens is 3. The fraction of sp³-hybridized carbons (Fsp3) is 0.0769. The van der Waals surface area contributed by atoms with Gasteiger partial charge in [-0.2, -0.15) is 0 Å². The third-order valence-corrected chi connectivity index (χ3v) is 5.84. The predicted molar refractivity (Wildman–Crippen MR) is 79.7 cm³/mol. The molecule has 0 aliphatic heterocycles. The van der Waals surface area contributed by atoms with E-state index < -0.39 is 10.0 Å². The number of nitrogens with zero attached hydrogens (tertiary/aromatic N) is 3. The molecule has 0 unspecified atom stereocenters. The summed E-state index contributed by atoms with van der Waals surface area (Å²) in [6, 6.07) is 11.3. The van der Waals surface area contributed by atoms with Crippen molar-refractivity contribution in [3.05, 3.63) is 36.4 Å². The van der Waals surface area contributed by atoms with Crippen LogP contribution >= 0.6 is 0 Å². The fourth-order valence-electron chi connectivity index (χ4n) is 2.62. The minimum atomic E-state index is -3.38. The van der Waals surface area contributed by atoms with Crippen molar-refractivity contribution in [2.75, 3.05) is 6.26 Å². The van der Waals surface area contributed by atoms with E-state index in [-0.39, 0.29) is 14.7 Å². The van der Waals surface area contributed by atoms with Gasteiger partial charge < -0.3 is 0 Å². The number of hydrogen-bond donors (Lipinski definition) is 0. The summed E-state index contributed by atoms with van der Waals surface area (Å²) in [7, 11) is -3.38. The summed E-state index contributed by atoms with van der Waals surface area (Å²) in [6.45, 7) is 0. The van der Waals surface area contributed by atoms with Crippen LogP contribution in [0.1, 0.15) is 0 Å². The van der Waals surface area contributed by atoms with E-state index in [4.69, 9.17) is 0 Å². The van der Waals surface area contributed by atoms with Gasteiger partial charge in [-0.05, 0) is 0 Å². The Bertz CT molecular complexity index is 1080. The third-order valence-electron chi connectivity index (χ3n) is 3.34. The van der Waals surface area contributed by atoms with Crippen molar-refractivity contribution in [3.8, 4) is 0 Å². The standard InChI is InChI=1S/C13H9N3O2SSe/c1-19(17,18)16-9-5-3-2-4-8(9)12-10(16)6-7-11-13(12)14-15-20-11/h2-7H,1H3. The predicted octanol–water partition coefficient (Wildman–Crippen LogP) is 1.60. The average molecular weight is 350 g/mol. The molecule has 0 saturated heterocycles. The van der Waals surface area contributed by atoms with Crippen LogP contribution < -0.4 is 0 Å². The molecule has 4 aromatic rings. The summed E-state index contributed by atoms with van der Waals surface area (Å²) < 4.78 is 30.9. The number of fused-ring (bicyclic) bond motifs is 5. The molecular weight excluding hydrogens is 341 g/mol. The number of rotatable bonds is 1. The van der Waals surface area contributed by atoms with Gasteiger partial charge in [-0.1, -0.05) is 0 Å². The normalized spacial score (nSPS) is 12.7. The zero-order valence-corrected chi connectivity index (χ0v) is 13.0. The van der Waals surface area contributed by atoms with E-state index in [1.807, 2.05) is 36.4 Å². The molecule has 0 spiro atoms. The van der Waals surface area contributed by atoms with Gasteiger partial charge in [-0.25, -0.2) is 0 Å². The number of para-hydroxylation sites is 1. The van der Waals surface area contributed by atoms with Gasteiger partial charge in [-0.15, -0.1) is 0 Å². The van der Waals surface area contributed by atoms with Crippen molar-refractivity contribution >= 4 is 56.3 Å². The molecular formula is C13H9N3O2SSe. The van der Waals surface area contributed by atoms with E-state index in [0.29, 0.717) is 11.0 Å². The van der Waals surface area contributed by atoms with E-state index in [1.165, 1.54) is 10.2 Å². The minimum absolute atomic E-state index is 0.00217. The molecule has 0 N–H and O–H groups in total. The Labute approximate surface area is 120 Å². The maximum atomic E-state index is 12.1. The van der Waals surface area contributed by atoms with Crippen LogP contribution in [-0.2, 0) is 10.0 Å². The molecule has 2 aromatic heterocycles. The fourth-order valence-corrected chi connectivity index (χ4v) is 4.84. The quantitative estimate of drug-likeness (QED) is 0.489. The first kappa shape index (κ1) is 12.1. The summed E-state index contributed by atoms with van der Waals surface area (Å²) in [5, 5.41) is 6.00. The van der Waals surface area contributed by atoms with Gasteiger partial charge in [0.1, 0.15) is 0 Å². The molecule has 2 aromatic carbocycles. The van der Waals surface area contributed by atoms with E-state index in [9.17, 15) is 8.42 Å². The van der Waals surface area contributed by atoms with Crippen molar-refractivity contribution in [1.82, 2.24) is 13.2 Å². The molecule has 0 bridgehead atoms. The van der Waals surface area contributed by atoms with Crippen molar-refractivity contribution in [3.63, 3.8) is 0 Å². The summed E-state index contributed by atoms with van der Waals surface area (Å²) in [4.78, 5) is 0. The van der Waals surface area contributed by atoms with Gasteiger partial charge in [0.2, 0.25) is 0 Å². The molecule has 0 atom stereocenters. The molecule has 5 nitrogen and oxygen atoms in total. The summed E-state index contributed by atoms with van der Waals surface area (Å²) >= 11 is -0.00217. The zero-order valence-electron chi connectivity index (χ0n) is 10.4. The van der Waals surface area contributed by atoms with Crippen LogP contribution in [0.4, 0.5) is 0 Å². The number of benzene rings is 2. The van der Waals surface area contributed by atoms with Gasteiger partial charge in [0, 0.05) is 0 Å². The van der Waals surface area contributed by atoms with Crippen LogP contribution in [0.2, 0.25) is 0 Å². The Hall–Kier alpha value is -1.69. The van der Waals surface area contributed by atoms with E-state index in [2.05, 4.69) is 9.19 Å². The first-order valence-electron chi connectivity index (χ1n) is 5.92. The van der Waals surface area contributed by atoms with Crippen molar-refractivity contribution in [1.29, 1.82) is 0 Å². The average Bonchev–Trinajstić information content (AvgIpc) is 2.98. The zero-order chi connectivity index (χ0) is 13.9. The first-order chi connectivity index (χ1) is 9.57. The van der Waals surface area contributed by atoms with Crippen molar-refractivity contribution in [2.24, 2.45) is 0 Å². The Kier molecular flexibility index (Phi) is 2.36. The van der Waals surface area contributed by atoms with E-state index >= 15 is 0 Å². The molecule has 0 fully saturated rings. The molecule has 100 valence electrons. The third kappa shape index (κ3) is 1.51. The van der Waals surface area contributed by atoms with Gasteiger partial charge >= 0.3 is 121 Å². The molecule has 0 saturated carbocycles. The summed E-state index contributed by atoms with van der Waals surface area (Å²) in [5.74, 6) is 0. The SMILES string of the molecule is CS(=O)(=O)n1c2ccccc2c2c3nn[se]c3ccc21. The molecule has 2 heterocycles. The van der Waals surface area contributed by atoms with Crippen LogP contribution in [0.5, 0.6) is 0 Å². The monoisotopic (exact) mass is 351 g/mol. The molecule has 0 radical (unpaired) electrons. The molecule has 7 heteroatoms. The Morgan fingerprint density at radius 2 is 1.90 bits per heavy atom. The number of hydrogen-bond acceptors (Lipinski definition) is 4. The second-order valence-electron chi connectivity index (χ2n) is 4.62. The maximum absolute atomic E-state index is 12.1. The van der Waals surface area contributed by atoms with Crippen LogP contribution in [0.15, 0.2) is 36.4 Å². The van der Waals surface area contributed by atoms with Gasteiger partial charge in [0.25, 0.3) is 0 Å². The van der Waals surface area contributed by atoms with Gasteiger partial charge in [-0.3, -0.25) is 0 Å². The topological polar surface area (TPSA) is 64.8 Å². The van der Waals surface area contributed by atoms with Crippen LogP contribution in [-0.4, -0.2) is 42.6 Å². The van der Waals surface area contributed by atoms with E-state index in [1.54, 1.807) is 0 Å². The molecule has 4 rings (SSSR count). The molecule has 20 heavy (non-hydrogen) atoms. The molecule has 0 aliphatic rings. The van der Waals surface area contributed by atoms with Crippen LogP contribution in [0, 0.1) is 0 Å². The van der Waals surface area contributed by atoms with Crippen LogP contribution in [0.25, 0.3) is 31.6 Å². The Morgan fingerprint density at radius 1 is 1.10 bits per heavy atom. The Morgan fingerprint density at radius 3 is 2.70 bits per heavy atom. The van der Waals surface area contributed by atoms with Crippen molar-refractivity contribution < 1.29 is 8.42 Å². The van der Waals surface area contributed by atoms with Gasteiger partial charge in [0.15, 0.2) is 0 Å². The summed E-state index contributed by atoms with van der Waals surface area (Å²) in [5.41, 5.74) is 2.18. The van der Waals surface area contributed by atoms with E-state index in [0.717, 1.165) is 20.5 Å². The van der Waals surface area contributed by atoms with Crippen LogP contribution in [0.3, 0.4) is 0 Å². The second kappa shape index (κ2) is 3.91. The first-order valence-corrected chi connectivity index (χ1v) is 9.39.